The van der Waals surface area contributed by atoms with Crippen LogP contribution in [0.5, 0.6) is 0 Å². The molecule has 0 atom stereocenters. The Balaban J connectivity index is 2.48. The Morgan fingerprint density at radius 2 is 2.18 bits per heavy atom. The summed E-state index contributed by atoms with van der Waals surface area (Å²) in [6.45, 7) is 1.94. The van der Waals surface area contributed by atoms with Crippen LogP contribution in [-0.2, 0) is 0 Å². The summed E-state index contributed by atoms with van der Waals surface area (Å²) in [6.07, 6.45) is 1.66. The van der Waals surface area contributed by atoms with Crippen LogP contribution in [-0.4, -0.2) is 27.0 Å². The summed E-state index contributed by atoms with van der Waals surface area (Å²) in [5.41, 5.74) is 6.47. The van der Waals surface area contributed by atoms with Crippen molar-refractivity contribution in [3.8, 4) is 11.5 Å². The maximum atomic E-state index is 11.3. The highest BCUT2D eigenvalue weighted by Gasteiger charge is 2.05. The van der Waals surface area contributed by atoms with E-state index in [4.69, 9.17) is 0 Å². The van der Waals surface area contributed by atoms with Crippen molar-refractivity contribution in [1.82, 2.24) is 25.4 Å². The van der Waals surface area contributed by atoms with Gasteiger partial charge < -0.3 is 0 Å². The average Bonchev–Trinajstić information content (AvgIpc) is 2.28. The first-order valence-corrected chi connectivity index (χ1v) is 5.03. The predicted molar refractivity (Wildman–Crippen MR) is 63.3 cm³/mol. The van der Waals surface area contributed by atoms with Crippen LogP contribution in [0.3, 0.4) is 0 Å². The summed E-state index contributed by atoms with van der Waals surface area (Å²) in [5, 5.41) is 0. The van der Waals surface area contributed by atoms with E-state index in [1.54, 1.807) is 13.2 Å². The van der Waals surface area contributed by atoms with Crippen LogP contribution in [0.1, 0.15) is 5.56 Å². The van der Waals surface area contributed by atoms with E-state index in [2.05, 4.69) is 30.8 Å². The molecule has 7 nitrogen and oxygen atoms in total. The number of pyridine rings is 1. The molecule has 0 unspecified atom stereocenters. The Labute approximate surface area is 97.3 Å². The summed E-state index contributed by atoms with van der Waals surface area (Å²) >= 11 is 0. The van der Waals surface area contributed by atoms with Crippen LogP contribution in [0.4, 0.5) is 5.95 Å². The second-order valence-electron chi connectivity index (χ2n) is 3.42. The summed E-state index contributed by atoms with van der Waals surface area (Å²) in [7, 11) is 1.66. The first-order valence-electron chi connectivity index (χ1n) is 5.03. The fraction of sp³-hybridized carbons (Fsp3) is 0.200. The molecule has 0 aromatic carbocycles. The van der Waals surface area contributed by atoms with Gasteiger partial charge >= 0.3 is 5.69 Å². The topological polar surface area (TPSA) is 95.6 Å². The quantitative estimate of drug-likeness (QED) is 0.649. The molecule has 2 heterocycles. The van der Waals surface area contributed by atoms with Crippen LogP contribution in [0, 0.1) is 6.92 Å². The predicted octanol–water partition coefficient (Wildman–Crippen LogP) is 0.0816. The fourth-order valence-corrected chi connectivity index (χ4v) is 1.34. The van der Waals surface area contributed by atoms with E-state index >= 15 is 0 Å². The molecule has 0 saturated carbocycles. The third-order valence-electron chi connectivity index (χ3n) is 2.05. The molecule has 2 aromatic rings. The zero-order valence-electron chi connectivity index (χ0n) is 9.48. The minimum atomic E-state index is -0.476. The van der Waals surface area contributed by atoms with Gasteiger partial charge in [0.05, 0.1) is 0 Å². The van der Waals surface area contributed by atoms with E-state index in [0.717, 1.165) is 5.56 Å². The van der Waals surface area contributed by atoms with Gasteiger partial charge in [-0.05, 0) is 24.6 Å². The molecule has 0 amide bonds. The highest BCUT2D eigenvalue weighted by molar-refractivity contribution is 5.50. The monoisotopic (exact) mass is 232 g/mol. The standard InChI is InChI=1S/C10H12N6O/c1-6-3-4-12-7(5-6)8-13-9(16-11-2)15-10(17)14-8/h3-5,11H,1-2H3,(H2,13,14,15,16,17). The van der Waals surface area contributed by atoms with Crippen molar-refractivity contribution in [3.63, 3.8) is 0 Å². The maximum Gasteiger partial charge on any atom is 0.349 e. The normalized spacial score (nSPS) is 10.2. The number of aryl methyl sites for hydroxylation is 1. The number of hydrogen-bond donors (Lipinski definition) is 3. The van der Waals surface area contributed by atoms with E-state index in [0.29, 0.717) is 11.5 Å². The van der Waals surface area contributed by atoms with Crippen LogP contribution in [0.2, 0.25) is 0 Å². The fourth-order valence-electron chi connectivity index (χ4n) is 1.34. The van der Waals surface area contributed by atoms with Crippen molar-refractivity contribution in [2.24, 2.45) is 0 Å². The molecule has 3 N–H and O–H groups in total. The number of H-pyrrole nitrogens is 1. The molecule has 0 fully saturated rings. The second-order valence-corrected chi connectivity index (χ2v) is 3.42. The van der Waals surface area contributed by atoms with Crippen LogP contribution in [0.25, 0.3) is 11.5 Å². The highest BCUT2D eigenvalue weighted by Crippen LogP contribution is 2.11. The molecule has 0 aliphatic carbocycles. The summed E-state index contributed by atoms with van der Waals surface area (Å²) < 4.78 is 0. The van der Waals surface area contributed by atoms with Crippen molar-refractivity contribution in [2.75, 3.05) is 12.5 Å². The molecule has 2 rings (SSSR count). The Kier molecular flexibility index (Phi) is 3.10. The number of nitrogens with one attached hydrogen (secondary N) is 3. The van der Waals surface area contributed by atoms with Crippen molar-refractivity contribution in [2.45, 2.75) is 6.92 Å². The summed E-state index contributed by atoms with van der Waals surface area (Å²) in [5.74, 6) is 0.584. The molecule has 88 valence electrons. The van der Waals surface area contributed by atoms with Crippen LogP contribution in [0.15, 0.2) is 23.1 Å². The van der Waals surface area contributed by atoms with E-state index in [1.807, 2.05) is 19.1 Å². The number of anilines is 1. The Morgan fingerprint density at radius 1 is 1.35 bits per heavy atom. The number of rotatable bonds is 3. The number of aromatic amines is 1. The molecule has 2 aromatic heterocycles. The van der Waals surface area contributed by atoms with Gasteiger partial charge in [-0.3, -0.25) is 15.4 Å². The molecule has 7 heteroatoms. The van der Waals surface area contributed by atoms with Gasteiger partial charge in [-0.1, -0.05) is 0 Å². The average molecular weight is 232 g/mol. The Bertz CT molecular complexity index is 579. The van der Waals surface area contributed by atoms with Gasteiger partial charge in [0.15, 0.2) is 5.82 Å². The number of nitrogens with zero attached hydrogens (tertiary/aromatic N) is 3. The van der Waals surface area contributed by atoms with Crippen molar-refractivity contribution < 1.29 is 0 Å². The highest BCUT2D eigenvalue weighted by atomic mass is 16.1. The first kappa shape index (κ1) is 11.2. The molecule has 0 saturated heterocycles. The number of hydrazine groups is 1. The lowest BCUT2D eigenvalue weighted by atomic mass is 10.2. The molecule has 0 spiro atoms. The van der Waals surface area contributed by atoms with Gasteiger partial charge in [0, 0.05) is 13.2 Å². The van der Waals surface area contributed by atoms with E-state index in [1.165, 1.54) is 0 Å². The van der Waals surface area contributed by atoms with E-state index in [-0.39, 0.29) is 5.95 Å². The lowest BCUT2D eigenvalue weighted by Gasteiger charge is -2.04. The largest absolute Gasteiger partial charge is 0.349 e. The molecular weight excluding hydrogens is 220 g/mol. The SMILES string of the molecule is CNNc1nc(-c2cc(C)ccn2)[nH]c(=O)n1. The summed E-state index contributed by atoms with van der Waals surface area (Å²) in [6, 6.07) is 3.71. The third-order valence-corrected chi connectivity index (χ3v) is 2.05. The third kappa shape index (κ3) is 2.64. The van der Waals surface area contributed by atoms with Gasteiger partial charge in [0.25, 0.3) is 0 Å². The van der Waals surface area contributed by atoms with Gasteiger partial charge in [-0.15, -0.1) is 0 Å². The molecular formula is C10H12N6O. The van der Waals surface area contributed by atoms with Gasteiger partial charge in [0.1, 0.15) is 5.69 Å². The second kappa shape index (κ2) is 4.71. The van der Waals surface area contributed by atoms with Crippen molar-refractivity contribution in [3.05, 3.63) is 34.4 Å². The summed E-state index contributed by atoms with van der Waals surface area (Å²) in [4.78, 5) is 25.8. The Morgan fingerprint density at radius 3 is 2.88 bits per heavy atom. The smallest absolute Gasteiger partial charge is 0.290 e. The van der Waals surface area contributed by atoms with Gasteiger partial charge in [-0.25, -0.2) is 10.2 Å². The minimum absolute atomic E-state index is 0.203. The van der Waals surface area contributed by atoms with Gasteiger partial charge in [0.2, 0.25) is 5.95 Å². The minimum Gasteiger partial charge on any atom is -0.290 e. The van der Waals surface area contributed by atoms with E-state index < -0.39 is 5.69 Å². The zero-order valence-corrected chi connectivity index (χ0v) is 9.48. The lowest BCUT2D eigenvalue weighted by Crippen LogP contribution is -2.22. The van der Waals surface area contributed by atoms with Crippen molar-refractivity contribution in [1.29, 1.82) is 0 Å². The zero-order chi connectivity index (χ0) is 12.3. The Hall–Kier alpha value is -2.28. The maximum absolute atomic E-state index is 11.3. The number of aromatic nitrogens is 4. The van der Waals surface area contributed by atoms with Crippen molar-refractivity contribution >= 4 is 5.95 Å². The molecule has 17 heavy (non-hydrogen) atoms. The number of hydrogen-bond acceptors (Lipinski definition) is 6. The molecule has 0 radical (unpaired) electrons. The first-order chi connectivity index (χ1) is 8.19. The lowest BCUT2D eigenvalue weighted by molar-refractivity contribution is 0.903. The molecule has 0 aliphatic rings. The molecule has 0 aliphatic heterocycles. The van der Waals surface area contributed by atoms with Crippen LogP contribution >= 0.6 is 0 Å². The molecule has 0 bridgehead atoms. The van der Waals surface area contributed by atoms with Crippen LogP contribution < -0.4 is 16.5 Å². The van der Waals surface area contributed by atoms with E-state index in [9.17, 15) is 4.79 Å². The van der Waals surface area contributed by atoms with Gasteiger partial charge in [-0.2, -0.15) is 9.97 Å².